The van der Waals surface area contributed by atoms with Gasteiger partial charge in [-0.1, -0.05) is 0 Å². The van der Waals surface area contributed by atoms with Crippen LogP contribution in [0, 0.1) is 5.41 Å². The lowest BCUT2D eigenvalue weighted by molar-refractivity contribution is -0.157. The van der Waals surface area contributed by atoms with Gasteiger partial charge in [0.15, 0.2) is 6.40 Å². The van der Waals surface area contributed by atoms with E-state index in [2.05, 4.69) is 10.6 Å². The molecule has 1 atom stereocenters. The quantitative estimate of drug-likeness (QED) is 0.186. The van der Waals surface area contributed by atoms with E-state index in [4.69, 9.17) is 19.6 Å². The number of hydrogen-bond donors (Lipinski definition) is 3. The molecule has 1 amide bonds. The van der Waals surface area contributed by atoms with Crippen molar-refractivity contribution in [3.63, 3.8) is 0 Å². The van der Waals surface area contributed by atoms with Crippen LogP contribution in [-0.2, 0) is 19.0 Å². The van der Waals surface area contributed by atoms with Gasteiger partial charge in [0.25, 0.3) is 0 Å². The van der Waals surface area contributed by atoms with E-state index < -0.39 is 29.3 Å². The van der Waals surface area contributed by atoms with E-state index in [1.807, 2.05) is 0 Å². The average molecular weight is 382 g/mol. The molecular weight excluding hydrogens is 350 g/mol. The van der Waals surface area contributed by atoms with E-state index in [0.717, 1.165) is 6.40 Å². The number of rotatable bonds is 9. The van der Waals surface area contributed by atoms with Crippen LogP contribution in [0.5, 0.6) is 0 Å². The van der Waals surface area contributed by atoms with Gasteiger partial charge in [0.2, 0.25) is 0 Å². The molecule has 0 aromatic heterocycles. The highest BCUT2D eigenvalue weighted by atomic mass is 35.5. The van der Waals surface area contributed by atoms with Crippen LogP contribution in [0.2, 0.25) is 0 Å². The van der Waals surface area contributed by atoms with Gasteiger partial charge >= 0.3 is 12.1 Å². The molecule has 3 N–H and O–H groups in total. The van der Waals surface area contributed by atoms with Gasteiger partial charge in [-0.15, -0.1) is 12.4 Å². The monoisotopic (exact) mass is 381 g/mol. The molecule has 0 rings (SSSR count). The molecule has 0 radical (unpaired) electrons. The summed E-state index contributed by atoms with van der Waals surface area (Å²) in [5, 5.41) is 12.2. The lowest BCUT2D eigenvalue weighted by atomic mass is 10.1. The fourth-order valence-corrected chi connectivity index (χ4v) is 1.68. The minimum Gasteiger partial charge on any atom is -0.469 e. The first kappa shape index (κ1) is 25.7. The summed E-state index contributed by atoms with van der Waals surface area (Å²) in [7, 11) is 0. The molecule has 25 heavy (non-hydrogen) atoms. The number of carbonyl (C=O) groups is 2. The minimum atomic E-state index is -0.787. The van der Waals surface area contributed by atoms with E-state index in [1.165, 1.54) is 0 Å². The second kappa shape index (κ2) is 11.9. The number of hydrogen-bond acceptors (Lipinski definition) is 7. The Morgan fingerprint density at radius 1 is 1.08 bits per heavy atom. The zero-order valence-electron chi connectivity index (χ0n) is 15.9. The van der Waals surface area contributed by atoms with Crippen LogP contribution in [0.3, 0.4) is 0 Å². The molecule has 0 heterocycles. The third-order valence-electron chi connectivity index (χ3n) is 2.50. The zero-order valence-corrected chi connectivity index (χ0v) is 16.7. The summed E-state index contributed by atoms with van der Waals surface area (Å²) >= 11 is 0. The van der Waals surface area contributed by atoms with Crippen molar-refractivity contribution in [1.82, 2.24) is 10.6 Å². The second-order valence-corrected chi connectivity index (χ2v) is 7.30. The SMILES string of the molecule is CC(C)(C)OC(=O)N[C@@H](CCCNCOC=N)C(=O)OC(C)(C)C.Cl. The summed E-state index contributed by atoms with van der Waals surface area (Å²) in [5.41, 5.74) is -1.28. The standard InChI is InChI=1S/C16H31N3O5.ClH/c1-15(2,3)23-13(20)12(8-7-9-18-11-22-10-17)19-14(21)24-16(4,5)6;/h10,12,17-18H,7-9,11H2,1-6H3,(H,19,21);1H/t12-;/m0./s1. The van der Waals surface area contributed by atoms with Crippen LogP contribution in [0.4, 0.5) is 4.79 Å². The van der Waals surface area contributed by atoms with Crippen LogP contribution >= 0.6 is 12.4 Å². The minimum absolute atomic E-state index is 0. The number of esters is 1. The highest BCUT2D eigenvalue weighted by Crippen LogP contribution is 2.12. The first-order chi connectivity index (χ1) is 10.9. The second-order valence-electron chi connectivity index (χ2n) is 7.30. The summed E-state index contributed by atoms with van der Waals surface area (Å²) in [4.78, 5) is 24.2. The summed E-state index contributed by atoms with van der Waals surface area (Å²) in [6.45, 7) is 11.4. The molecule has 148 valence electrons. The van der Waals surface area contributed by atoms with Crippen molar-refractivity contribution in [2.24, 2.45) is 0 Å². The third-order valence-corrected chi connectivity index (χ3v) is 2.50. The summed E-state index contributed by atoms with van der Waals surface area (Å²) in [5.74, 6) is -0.496. The fraction of sp³-hybridized carbons (Fsp3) is 0.812. The number of alkyl carbamates (subject to hydrolysis) is 1. The Bertz CT molecular complexity index is 419. The Morgan fingerprint density at radius 2 is 1.64 bits per heavy atom. The molecule has 0 fully saturated rings. The third kappa shape index (κ3) is 15.7. The number of carbonyl (C=O) groups excluding carboxylic acids is 2. The van der Waals surface area contributed by atoms with Gasteiger partial charge in [-0.05, 0) is 60.9 Å². The van der Waals surface area contributed by atoms with Crippen LogP contribution in [0.15, 0.2) is 0 Å². The molecule has 0 saturated carbocycles. The van der Waals surface area contributed by atoms with Crippen molar-refractivity contribution in [2.45, 2.75) is 71.6 Å². The average Bonchev–Trinajstić information content (AvgIpc) is 2.37. The maximum absolute atomic E-state index is 12.3. The molecule has 0 unspecified atom stereocenters. The lowest BCUT2D eigenvalue weighted by Crippen LogP contribution is -2.46. The highest BCUT2D eigenvalue weighted by Gasteiger charge is 2.28. The maximum atomic E-state index is 12.3. The molecule has 0 aromatic rings. The first-order valence-corrected chi connectivity index (χ1v) is 7.98. The van der Waals surface area contributed by atoms with Crippen molar-refractivity contribution in [1.29, 1.82) is 5.41 Å². The predicted octanol–water partition coefficient (Wildman–Crippen LogP) is 2.59. The van der Waals surface area contributed by atoms with Gasteiger partial charge in [-0.2, -0.15) is 0 Å². The largest absolute Gasteiger partial charge is 0.469 e. The Morgan fingerprint density at radius 3 is 2.12 bits per heavy atom. The van der Waals surface area contributed by atoms with E-state index in [-0.39, 0.29) is 19.1 Å². The van der Waals surface area contributed by atoms with Crippen molar-refractivity contribution in [3.8, 4) is 0 Å². The molecule has 0 aliphatic heterocycles. The normalized spacial score (nSPS) is 12.4. The maximum Gasteiger partial charge on any atom is 0.408 e. The molecule has 0 aliphatic carbocycles. The van der Waals surface area contributed by atoms with Gasteiger partial charge in [0.1, 0.15) is 24.0 Å². The molecule has 0 aliphatic rings. The van der Waals surface area contributed by atoms with Gasteiger partial charge in [0, 0.05) is 0 Å². The fourth-order valence-electron chi connectivity index (χ4n) is 1.68. The van der Waals surface area contributed by atoms with Gasteiger partial charge in [0.05, 0.1) is 0 Å². The van der Waals surface area contributed by atoms with E-state index in [1.54, 1.807) is 41.5 Å². The van der Waals surface area contributed by atoms with Crippen molar-refractivity contribution in [3.05, 3.63) is 0 Å². The first-order valence-electron chi connectivity index (χ1n) is 7.98. The zero-order chi connectivity index (χ0) is 18.8. The molecule has 0 spiro atoms. The van der Waals surface area contributed by atoms with E-state index >= 15 is 0 Å². The number of halogens is 1. The Labute approximate surface area is 156 Å². The van der Waals surface area contributed by atoms with Crippen LogP contribution in [-0.4, -0.2) is 49.0 Å². The number of amides is 1. The molecular formula is C16H32ClN3O5. The predicted molar refractivity (Wildman–Crippen MR) is 98.2 cm³/mol. The van der Waals surface area contributed by atoms with Crippen LogP contribution in [0.25, 0.3) is 0 Å². The summed E-state index contributed by atoms with van der Waals surface area (Å²) in [6.07, 6.45) is 1.20. The van der Waals surface area contributed by atoms with Gasteiger partial charge in [-0.25, -0.2) is 9.59 Å². The molecule has 9 heteroatoms. The Hall–Kier alpha value is -1.54. The van der Waals surface area contributed by atoms with Crippen molar-refractivity contribution >= 4 is 30.9 Å². The Kier molecular flexibility index (Phi) is 12.3. The molecule has 0 bridgehead atoms. The molecule has 8 nitrogen and oxygen atoms in total. The van der Waals surface area contributed by atoms with E-state index in [9.17, 15) is 9.59 Å². The van der Waals surface area contributed by atoms with Crippen LogP contribution in [0.1, 0.15) is 54.4 Å². The topological polar surface area (TPSA) is 110 Å². The summed E-state index contributed by atoms with van der Waals surface area (Å²) in [6, 6.07) is -0.787. The lowest BCUT2D eigenvalue weighted by Gasteiger charge is -2.26. The summed E-state index contributed by atoms with van der Waals surface area (Å²) < 4.78 is 15.3. The molecule has 0 saturated heterocycles. The van der Waals surface area contributed by atoms with Crippen molar-refractivity contribution < 1.29 is 23.8 Å². The number of ether oxygens (including phenoxy) is 3. The van der Waals surface area contributed by atoms with E-state index in [0.29, 0.717) is 19.4 Å². The van der Waals surface area contributed by atoms with Gasteiger partial charge < -0.3 is 19.5 Å². The smallest absolute Gasteiger partial charge is 0.408 e. The molecule has 0 aromatic carbocycles. The Balaban J connectivity index is 0. The highest BCUT2D eigenvalue weighted by molar-refractivity contribution is 5.85. The van der Waals surface area contributed by atoms with Crippen molar-refractivity contribution in [2.75, 3.05) is 13.3 Å². The van der Waals surface area contributed by atoms with Crippen LogP contribution < -0.4 is 10.6 Å². The van der Waals surface area contributed by atoms with Gasteiger partial charge in [-0.3, -0.25) is 10.7 Å². The number of nitrogens with one attached hydrogen (secondary N) is 3.